The number of nitrogens with zero attached hydrogens (tertiary/aromatic N) is 4. The van der Waals surface area contributed by atoms with Crippen LogP contribution in [0.1, 0.15) is 31.5 Å². The molecule has 0 saturated carbocycles. The maximum absolute atomic E-state index is 10.6. The zero-order valence-corrected chi connectivity index (χ0v) is 11.9. The molecule has 112 valence electrons. The third kappa shape index (κ3) is 4.57. The molecule has 1 aliphatic heterocycles. The second kappa shape index (κ2) is 7.35. The van der Waals surface area contributed by atoms with Crippen molar-refractivity contribution in [2.75, 3.05) is 32.7 Å². The fourth-order valence-electron chi connectivity index (χ4n) is 2.28. The Morgan fingerprint density at radius 1 is 1.30 bits per heavy atom. The van der Waals surface area contributed by atoms with Crippen molar-refractivity contribution in [1.29, 1.82) is 0 Å². The van der Waals surface area contributed by atoms with Crippen LogP contribution in [0.5, 0.6) is 0 Å². The Morgan fingerprint density at radius 3 is 2.65 bits per heavy atom. The van der Waals surface area contributed by atoms with Crippen LogP contribution in [0.25, 0.3) is 0 Å². The van der Waals surface area contributed by atoms with Gasteiger partial charge in [-0.05, 0) is 6.42 Å². The molecule has 0 unspecified atom stereocenters. The fourth-order valence-corrected chi connectivity index (χ4v) is 2.28. The van der Waals surface area contributed by atoms with E-state index in [4.69, 9.17) is 9.63 Å². The first-order valence-corrected chi connectivity index (χ1v) is 7.15. The van der Waals surface area contributed by atoms with Gasteiger partial charge in [0.05, 0.1) is 13.1 Å². The van der Waals surface area contributed by atoms with Crippen LogP contribution >= 0.6 is 0 Å². The summed E-state index contributed by atoms with van der Waals surface area (Å²) in [4.78, 5) is 19.2. The molecule has 0 spiro atoms. The molecule has 7 heteroatoms. The largest absolute Gasteiger partial charge is 0.480 e. The van der Waals surface area contributed by atoms with E-state index in [9.17, 15) is 4.79 Å². The quantitative estimate of drug-likeness (QED) is 0.784. The van der Waals surface area contributed by atoms with Crippen molar-refractivity contribution >= 4 is 5.97 Å². The highest BCUT2D eigenvalue weighted by Crippen LogP contribution is 2.08. The number of hydrogen-bond acceptors (Lipinski definition) is 6. The first-order valence-electron chi connectivity index (χ1n) is 7.15. The minimum absolute atomic E-state index is 0.121. The summed E-state index contributed by atoms with van der Waals surface area (Å²) in [6, 6.07) is 0. The van der Waals surface area contributed by atoms with Gasteiger partial charge in [0.1, 0.15) is 0 Å². The highest BCUT2D eigenvalue weighted by atomic mass is 16.5. The van der Waals surface area contributed by atoms with Crippen molar-refractivity contribution in [3.8, 4) is 0 Å². The number of carbonyl (C=O) groups is 1. The van der Waals surface area contributed by atoms with Gasteiger partial charge in [0, 0.05) is 32.6 Å². The molecule has 0 aromatic carbocycles. The number of aryl methyl sites for hydroxylation is 1. The van der Waals surface area contributed by atoms with Gasteiger partial charge in [-0.2, -0.15) is 4.98 Å². The predicted molar refractivity (Wildman–Crippen MR) is 72.3 cm³/mol. The Bertz CT molecular complexity index is 427. The normalized spacial score (nSPS) is 17.4. The van der Waals surface area contributed by atoms with Gasteiger partial charge in [-0.15, -0.1) is 0 Å². The summed E-state index contributed by atoms with van der Waals surface area (Å²) in [5.74, 6) is 0.671. The lowest BCUT2D eigenvalue weighted by atomic mass is 10.2. The Kier molecular flexibility index (Phi) is 5.49. The van der Waals surface area contributed by atoms with Crippen molar-refractivity contribution in [1.82, 2.24) is 19.9 Å². The Labute approximate surface area is 118 Å². The van der Waals surface area contributed by atoms with E-state index in [0.717, 1.165) is 51.3 Å². The SMILES string of the molecule is CCCCc1noc(CN2CCN(CC(=O)O)CC2)n1. The lowest BCUT2D eigenvalue weighted by molar-refractivity contribution is -0.138. The van der Waals surface area contributed by atoms with Crippen molar-refractivity contribution in [3.63, 3.8) is 0 Å². The highest BCUT2D eigenvalue weighted by Gasteiger charge is 2.20. The van der Waals surface area contributed by atoms with Crippen LogP contribution in [-0.4, -0.2) is 63.7 Å². The van der Waals surface area contributed by atoms with Crippen molar-refractivity contribution in [3.05, 3.63) is 11.7 Å². The molecule has 1 fully saturated rings. The molecule has 0 aliphatic carbocycles. The molecule has 2 rings (SSSR count). The predicted octanol–water partition coefficient (Wildman–Crippen LogP) is 0.614. The molecular weight excluding hydrogens is 260 g/mol. The number of carboxylic acids is 1. The summed E-state index contributed by atoms with van der Waals surface area (Å²) in [7, 11) is 0. The first-order chi connectivity index (χ1) is 9.67. The van der Waals surface area contributed by atoms with Crippen LogP contribution in [0.15, 0.2) is 4.52 Å². The maximum Gasteiger partial charge on any atom is 0.317 e. The van der Waals surface area contributed by atoms with Crippen LogP contribution in [0.4, 0.5) is 0 Å². The molecule has 0 radical (unpaired) electrons. The smallest absolute Gasteiger partial charge is 0.317 e. The van der Waals surface area contributed by atoms with Gasteiger partial charge in [-0.25, -0.2) is 0 Å². The summed E-state index contributed by atoms with van der Waals surface area (Å²) in [5.41, 5.74) is 0. The van der Waals surface area contributed by atoms with Gasteiger partial charge in [0.15, 0.2) is 5.82 Å². The molecule has 0 bridgehead atoms. The van der Waals surface area contributed by atoms with Gasteiger partial charge in [-0.3, -0.25) is 14.6 Å². The number of hydrogen-bond donors (Lipinski definition) is 1. The lowest BCUT2D eigenvalue weighted by Gasteiger charge is -2.32. The van der Waals surface area contributed by atoms with E-state index in [0.29, 0.717) is 12.4 Å². The van der Waals surface area contributed by atoms with Crippen LogP contribution in [0, 0.1) is 0 Å². The van der Waals surface area contributed by atoms with E-state index in [-0.39, 0.29) is 6.54 Å². The monoisotopic (exact) mass is 282 g/mol. The van der Waals surface area contributed by atoms with Crippen LogP contribution in [0.2, 0.25) is 0 Å². The van der Waals surface area contributed by atoms with E-state index < -0.39 is 5.97 Å². The van der Waals surface area contributed by atoms with E-state index in [2.05, 4.69) is 22.0 Å². The lowest BCUT2D eigenvalue weighted by Crippen LogP contribution is -2.47. The average Bonchev–Trinajstić information content (AvgIpc) is 2.86. The summed E-state index contributed by atoms with van der Waals surface area (Å²) in [6.07, 6.45) is 3.06. The Morgan fingerprint density at radius 2 is 2.00 bits per heavy atom. The summed E-state index contributed by atoms with van der Waals surface area (Å²) in [5, 5.41) is 12.7. The minimum atomic E-state index is -0.768. The van der Waals surface area contributed by atoms with Gasteiger partial charge < -0.3 is 9.63 Å². The van der Waals surface area contributed by atoms with E-state index in [1.807, 2.05) is 4.90 Å². The average molecular weight is 282 g/mol. The van der Waals surface area contributed by atoms with Gasteiger partial charge >= 0.3 is 5.97 Å². The molecule has 1 aliphatic rings. The topological polar surface area (TPSA) is 82.7 Å². The molecule has 0 atom stereocenters. The number of aromatic nitrogens is 2. The third-order valence-electron chi connectivity index (χ3n) is 3.45. The number of rotatable bonds is 7. The molecule has 1 saturated heterocycles. The van der Waals surface area contributed by atoms with E-state index >= 15 is 0 Å². The Hall–Kier alpha value is -1.47. The van der Waals surface area contributed by atoms with Crippen molar-refractivity contribution in [2.24, 2.45) is 0 Å². The summed E-state index contributed by atoms with van der Waals surface area (Å²) >= 11 is 0. The second-order valence-electron chi connectivity index (χ2n) is 5.15. The van der Waals surface area contributed by atoms with E-state index in [1.54, 1.807) is 0 Å². The fraction of sp³-hybridized carbons (Fsp3) is 0.769. The van der Waals surface area contributed by atoms with Gasteiger partial charge in [0.25, 0.3) is 0 Å². The zero-order chi connectivity index (χ0) is 14.4. The molecule has 1 N–H and O–H groups in total. The number of carboxylic acid groups (broad SMARTS) is 1. The number of piperazine rings is 1. The minimum Gasteiger partial charge on any atom is -0.480 e. The second-order valence-corrected chi connectivity index (χ2v) is 5.15. The Balaban J connectivity index is 1.74. The van der Waals surface area contributed by atoms with Crippen LogP contribution in [-0.2, 0) is 17.8 Å². The van der Waals surface area contributed by atoms with Gasteiger partial charge in [0.2, 0.25) is 5.89 Å². The standard InChI is InChI=1S/C13H22N4O3/c1-2-3-4-11-14-12(20-15-11)9-16-5-7-17(8-6-16)10-13(18)19/h2-10H2,1H3,(H,18,19). The third-order valence-corrected chi connectivity index (χ3v) is 3.45. The molecule has 1 aromatic heterocycles. The highest BCUT2D eigenvalue weighted by molar-refractivity contribution is 5.69. The van der Waals surface area contributed by atoms with Crippen molar-refractivity contribution < 1.29 is 14.4 Å². The number of aliphatic carboxylic acids is 1. The zero-order valence-electron chi connectivity index (χ0n) is 11.9. The van der Waals surface area contributed by atoms with E-state index in [1.165, 1.54) is 0 Å². The van der Waals surface area contributed by atoms with Crippen molar-refractivity contribution in [2.45, 2.75) is 32.7 Å². The molecule has 7 nitrogen and oxygen atoms in total. The molecule has 2 heterocycles. The van der Waals surface area contributed by atoms with Gasteiger partial charge in [-0.1, -0.05) is 18.5 Å². The summed E-state index contributed by atoms with van der Waals surface area (Å²) in [6.45, 7) is 6.11. The molecule has 1 aromatic rings. The summed E-state index contributed by atoms with van der Waals surface area (Å²) < 4.78 is 5.25. The van der Waals surface area contributed by atoms with Crippen LogP contribution in [0.3, 0.4) is 0 Å². The maximum atomic E-state index is 10.6. The molecule has 0 amide bonds. The molecular formula is C13H22N4O3. The molecule has 20 heavy (non-hydrogen) atoms. The number of unbranched alkanes of at least 4 members (excludes halogenated alkanes) is 1. The first kappa shape index (κ1) is 14.9. The van der Waals surface area contributed by atoms with Crippen LogP contribution < -0.4 is 0 Å².